The first-order valence-corrected chi connectivity index (χ1v) is 8.81. The standard InChI is InChI=1S/C17H17BrClN3O2/c18-14-3-1-12(2-4-14)10-20-16-15(19)9-13(11-21-16)17(23)22-5-7-24-8-6-22/h1-4,9,11H,5-8,10H2,(H,20,21). The zero-order valence-corrected chi connectivity index (χ0v) is 15.3. The van der Waals surface area contributed by atoms with Gasteiger partial charge in [0, 0.05) is 30.3 Å². The predicted octanol–water partition coefficient (Wildman–Crippen LogP) is 3.58. The number of pyridine rings is 1. The second-order valence-corrected chi connectivity index (χ2v) is 6.76. The van der Waals surface area contributed by atoms with Gasteiger partial charge in [-0.05, 0) is 23.8 Å². The van der Waals surface area contributed by atoms with Crippen molar-refractivity contribution >= 4 is 39.3 Å². The van der Waals surface area contributed by atoms with Gasteiger partial charge in [0.15, 0.2) is 0 Å². The highest BCUT2D eigenvalue weighted by Crippen LogP contribution is 2.22. The molecule has 3 rings (SSSR count). The summed E-state index contributed by atoms with van der Waals surface area (Å²) < 4.78 is 6.30. The molecule has 1 aromatic carbocycles. The van der Waals surface area contributed by atoms with Gasteiger partial charge in [-0.25, -0.2) is 4.98 Å². The summed E-state index contributed by atoms with van der Waals surface area (Å²) in [6.45, 7) is 2.94. The third kappa shape index (κ3) is 4.26. The number of nitrogens with zero attached hydrogens (tertiary/aromatic N) is 2. The second-order valence-electron chi connectivity index (χ2n) is 5.44. The Morgan fingerprint density at radius 3 is 2.67 bits per heavy atom. The van der Waals surface area contributed by atoms with E-state index < -0.39 is 0 Å². The maximum atomic E-state index is 12.4. The van der Waals surface area contributed by atoms with Gasteiger partial charge in [0.05, 0.1) is 23.8 Å². The third-order valence-electron chi connectivity index (χ3n) is 3.76. The van der Waals surface area contributed by atoms with Crippen LogP contribution < -0.4 is 5.32 Å². The van der Waals surface area contributed by atoms with E-state index in [9.17, 15) is 4.79 Å². The minimum absolute atomic E-state index is 0.0628. The number of rotatable bonds is 4. The fourth-order valence-corrected chi connectivity index (χ4v) is 2.92. The molecule has 7 heteroatoms. The van der Waals surface area contributed by atoms with E-state index in [0.29, 0.717) is 49.3 Å². The highest BCUT2D eigenvalue weighted by atomic mass is 79.9. The monoisotopic (exact) mass is 409 g/mol. The first-order valence-electron chi connectivity index (χ1n) is 7.64. The Bertz CT molecular complexity index is 718. The number of hydrogen-bond donors (Lipinski definition) is 1. The summed E-state index contributed by atoms with van der Waals surface area (Å²) in [5.41, 5.74) is 1.61. The summed E-state index contributed by atoms with van der Waals surface area (Å²) in [5.74, 6) is 0.505. The Labute approximate surface area is 154 Å². The van der Waals surface area contributed by atoms with Crippen molar-refractivity contribution in [2.75, 3.05) is 31.6 Å². The Morgan fingerprint density at radius 2 is 2.00 bits per heavy atom. The zero-order valence-electron chi connectivity index (χ0n) is 13.0. The molecule has 126 valence electrons. The van der Waals surface area contributed by atoms with Gasteiger partial charge in [0.2, 0.25) is 0 Å². The van der Waals surface area contributed by atoms with Gasteiger partial charge in [0.1, 0.15) is 5.82 Å². The van der Waals surface area contributed by atoms with E-state index in [1.54, 1.807) is 17.2 Å². The molecule has 2 heterocycles. The molecule has 0 aliphatic carbocycles. The Kier molecular flexibility index (Phi) is 5.71. The van der Waals surface area contributed by atoms with Gasteiger partial charge < -0.3 is 15.0 Å². The van der Waals surface area contributed by atoms with Gasteiger partial charge in [0.25, 0.3) is 5.91 Å². The molecular formula is C17H17BrClN3O2. The van der Waals surface area contributed by atoms with Gasteiger partial charge in [-0.3, -0.25) is 4.79 Å². The Morgan fingerprint density at radius 1 is 1.29 bits per heavy atom. The van der Waals surface area contributed by atoms with Crippen molar-refractivity contribution in [2.24, 2.45) is 0 Å². The molecule has 1 fully saturated rings. The van der Waals surface area contributed by atoms with E-state index in [-0.39, 0.29) is 5.91 Å². The topological polar surface area (TPSA) is 54.5 Å². The summed E-state index contributed by atoms with van der Waals surface area (Å²) in [7, 11) is 0. The van der Waals surface area contributed by atoms with E-state index in [4.69, 9.17) is 16.3 Å². The molecule has 1 aliphatic heterocycles. The minimum Gasteiger partial charge on any atom is -0.378 e. The van der Waals surface area contributed by atoms with Crippen molar-refractivity contribution in [3.8, 4) is 0 Å². The van der Waals surface area contributed by atoms with Crippen molar-refractivity contribution < 1.29 is 9.53 Å². The lowest BCUT2D eigenvalue weighted by Crippen LogP contribution is -2.40. The Hall–Kier alpha value is -1.63. The molecule has 0 atom stereocenters. The van der Waals surface area contributed by atoms with E-state index in [2.05, 4.69) is 26.2 Å². The van der Waals surface area contributed by atoms with Crippen LogP contribution in [-0.4, -0.2) is 42.1 Å². The maximum Gasteiger partial charge on any atom is 0.255 e. The molecule has 1 aliphatic rings. The van der Waals surface area contributed by atoms with Crippen molar-refractivity contribution in [2.45, 2.75) is 6.54 Å². The number of amides is 1. The first kappa shape index (κ1) is 17.2. The molecular weight excluding hydrogens is 394 g/mol. The number of anilines is 1. The first-order chi connectivity index (χ1) is 11.6. The molecule has 1 N–H and O–H groups in total. The molecule has 1 amide bonds. The van der Waals surface area contributed by atoms with Crippen LogP contribution in [0.15, 0.2) is 41.0 Å². The average Bonchev–Trinajstić information content (AvgIpc) is 2.62. The van der Waals surface area contributed by atoms with Gasteiger partial charge in [-0.1, -0.05) is 39.7 Å². The molecule has 5 nitrogen and oxygen atoms in total. The number of carbonyl (C=O) groups excluding carboxylic acids is 1. The summed E-state index contributed by atoms with van der Waals surface area (Å²) >= 11 is 9.69. The fourth-order valence-electron chi connectivity index (χ4n) is 2.42. The largest absolute Gasteiger partial charge is 0.378 e. The summed E-state index contributed by atoms with van der Waals surface area (Å²) in [5, 5.41) is 3.63. The SMILES string of the molecule is O=C(c1cnc(NCc2ccc(Br)cc2)c(Cl)c1)N1CCOCC1. The molecule has 1 saturated heterocycles. The number of halogens is 2. The van der Waals surface area contributed by atoms with Crippen LogP contribution in [0.4, 0.5) is 5.82 Å². The molecule has 2 aromatic rings. The van der Waals surface area contributed by atoms with Crippen LogP contribution in [0.1, 0.15) is 15.9 Å². The van der Waals surface area contributed by atoms with E-state index >= 15 is 0 Å². The Balaban J connectivity index is 1.65. The number of aromatic nitrogens is 1. The number of ether oxygens (including phenoxy) is 1. The van der Waals surface area contributed by atoms with Crippen LogP contribution >= 0.6 is 27.5 Å². The normalized spacial score (nSPS) is 14.5. The van der Waals surface area contributed by atoms with Crippen molar-refractivity contribution in [1.82, 2.24) is 9.88 Å². The van der Waals surface area contributed by atoms with Crippen LogP contribution in [0.2, 0.25) is 5.02 Å². The number of morpholine rings is 1. The van der Waals surface area contributed by atoms with E-state index in [1.165, 1.54) is 0 Å². The molecule has 24 heavy (non-hydrogen) atoms. The van der Waals surface area contributed by atoms with Crippen molar-refractivity contribution in [3.63, 3.8) is 0 Å². The molecule has 0 spiro atoms. The van der Waals surface area contributed by atoms with Crippen LogP contribution in [0, 0.1) is 0 Å². The third-order valence-corrected chi connectivity index (χ3v) is 4.58. The maximum absolute atomic E-state index is 12.4. The molecule has 0 radical (unpaired) electrons. The minimum atomic E-state index is -0.0628. The van der Waals surface area contributed by atoms with Crippen LogP contribution in [0.25, 0.3) is 0 Å². The highest BCUT2D eigenvalue weighted by Gasteiger charge is 2.19. The second kappa shape index (κ2) is 7.96. The van der Waals surface area contributed by atoms with Crippen molar-refractivity contribution in [3.05, 3.63) is 57.2 Å². The fraction of sp³-hybridized carbons (Fsp3) is 0.294. The average molecular weight is 411 g/mol. The summed E-state index contributed by atoms with van der Waals surface area (Å²) in [6, 6.07) is 9.66. The van der Waals surface area contributed by atoms with Gasteiger partial charge in [-0.15, -0.1) is 0 Å². The molecule has 0 unspecified atom stereocenters. The van der Waals surface area contributed by atoms with Gasteiger partial charge >= 0.3 is 0 Å². The van der Waals surface area contributed by atoms with E-state index in [0.717, 1.165) is 10.0 Å². The lowest BCUT2D eigenvalue weighted by molar-refractivity contribution is 0.0302. The lowest BCUT2D eigenvalue weighted by atomic mass is 10.2. The van der Waals surface area contributed by atoms with E-state index in [1.807, 2.05) is 24.3 Å². The summed E-state index contributed by atoms with van der Waals surface area (Å²) in [6.07, 6.45) is 1.56. The van der Waals surface area contributed by atoms with Crippen LogP contribution in [-0.2, 0) is 11.3 Å². The summed E-state index contributed by atoms with van der Waals surface area (Å²) in [4.78, 5) is 18.5. The predicted molar refractivity (Wildman–Crippen MR) is 97.4 cm³/mol. The highest BCUT2D eigenvalue weighted by molar-refractivity contribution is 9.10. The molecule has 1 aromatic heterocycles. The van der Waals surface area contributed by atoms with Gasteiger partial charge in [-0.2, -0.15) is 0 Å². The molecule has 0 bridgehead atoms. The van der Waals surface area contributed by atoms with Crippen LogP contribution in [0.3, 0.4) is 0 Å². The quantitative estimate of drug-likeness (QED) is 0.837. The van der Waals surface area contributed by atoms with Crippen molar-refractivity contribution in [1.29, 1.82) is 0 Å². The molecule has 0 saturated carbocycles. The zero-order chi connectivity index (χ0) is 16.9. The number of carbonyl (C=O) groups is 1. The smallest absolute Gasteiger partial charge is 0.255 e. The number of nitrogens with one attached hydrogen (secondary N) is 1. The number of benzene rings is 1. The lowest BCUT2D eigenvalue weighted by Gasteiger charge is -2.26. The van der Waals surface area contributed by atoms with Crippen LogP contribution in [0.5, 0.6) is 0 Å². The number of hydrogen-bond acceptors (Lipinski definition) is 4.